The van der Waals surface area contributed by atoms with Gasteiger partial charge in [-0.15, -0.1) is 0 Å². The summed E-state index contributed by atoms with van der Waals surface area (Å²) >= 11 is 6.03. The van der Waals surface area contributed by atoms with E-state index in [1.807, 2.05) is 11.8 Å². The van der Waals surface area contributed by atoms with E-state index in [1.165, 1.54) is 0 Å². The van der Waals surface area contributed by atoms with Crippen LogP contribution in [-0.2, 0) is 14.8 Å². The van der Waals surface area contributed by atoms with E-state index in [0.29, 0.717) is 17.6 Å². The summed E-state index contributed by atoms with van der Waals surface area (Å²) < 4.78 is 29.1. The predicted molar refractivity (Wildman–Crippen MR) is 128 cm³/mol. The van der Waals surface area contributed by atoms with Gasteiger partial charge in [0, 0.05) is 36.7 Å². The van der Waals surface area contributed by atoms with Crippen LogP contribution in [0.1, 0.15) is 40.0 Å². The molecule has 2 atom stereocenters. The molecule has 2 saturated heterocycles. The number of amides is 1. The molecule has 2 unspecified atom stereocenters. The van der Waals surface area contributed by atoms with Crippen LogP contribution in [0.4, 0.5) is 0 Å². The summed E-state index contributed by atoms with van der Waals surface area (Å²) in [5, 5.41) is 2.27. The highest BCUT2D eigenvalue weighted by Crippen LogP contribution is 2.28. The lowest BCUT2D eigenvalue weighted by Gasteiger charge is -2.44. The largest absolute Gasteiger partial charge is 0.338 e. The fourth-order valence-electron chi connectivity index (χ4n) is 4.88. The average molecular weight is 478 g/mol. The first-order valence-corrected chi connectivity index (χ1v) is 13.3. The van der Waals surface area contributed by atoms with E-state index < -0.39 is 16.1 Å². The molecule has 0 radical (unpaired) electrons. The minimum atomic E-state index is -3.84. The monoisotopic (exact) mass is 477 g/mol. The van der Waals surface area contributed by atoms with Gasteiger partial charge in [0.25, 0.3) is 0 Å². The second kappa shape index (κ2) is 9.29. The molecule has 0 spiro atoms. The number of fused-ring (bicyclic) bond motifs is 1. The Morgan fingerprint density at radius 3 is 2.34 bits per heavy atom. The summed E-state index contributed by atoms with van der Waals surface area (Å²) in [6.45, 7) is 8.98. The molecular formula is C24H32ClN3O3S. The lowest BCUT2D eigenvalue weighted by molar-refractivity contribution is -0.141. The Morgan fingerprint density at radius 1 is 1.00 bits per heavy atom. The number of carbonyl (C=O) groups excluding carboxylic acids is 1. The van der Waals surface area contributed by atoms with Crippen LogP contribution < -0.4 is 4.72 Å². The van der Waals surface area contributed by atoms with Gasteiger partial charge in [0.15, 0.2) is 0 Å². The maximum Gasteiger partial charge on any atom is 0.241 e. The highest BCUT2D eigenvalue weighted by atomic mass is 35.5. The van der Waals surface area contributed by atoms with E-state index in [4.69, 9.17) is 11.6 Å². The Labute approximate surface area is 196 Å². The second-order valence-electron chi connectivity index (χ2n) is 9.41. The number of hydrogen-bond donors (Lipinski definition) is 1. The summed E-state index contributed by atoms with van der Waals surface area (Å²) in [5.41, 5.74) is 0. The van der Waals surface area contributed by atoms with Gasteiger partial charge in [-0.25, -0.2) is 8.42 Å². The van der Waals surface area contributed by atoms with Gasteiger partial charge in [0.2, 0.25) is 15.9 Å². The van der Waals surface area contributed by atoms with Crippen molar-refractivity contribution >= 4 is 38.3 Å². The van der Waals surface area contributed by atoms with Gasteiger partial charge in [-0.05, 0) is 74.1 Å². The Morgan fingerprint density at radius 2 is 1.66 bits per heavy atom. The van der Waals surface area contributed by atoms with Gasteiger partial charge < -0.3 is 9.80 Å². The second-order valence-corrected chi connectivity index (χ2v) is 11.6. The molecule has 0 aromatic heterocycles. The zero-order valence-electron chi connectivity index (χ0n) is 18.9. The summed E-state index contributed by atoms with van der Waals surface area (Å²) in [6.07, 6.45) is 2.66. The average Bonchev–Trinajstić information content (AvgIpc) is 2.76. The van der Waals surface area contributed by atoms with Crippen molar-refractivity contribution in [2.75, 3.05) is 19.6 Å². The molecule has 2 aromatic carbocycles. The molecule has 0 aliphatic carbocycles. The van der Waals surface area contributed by atoms with E-state index in [0.717, 1.165) is 43.1 Å². The molecular weight excluding hydrogens is 446 g/mol. The molecule has 2 aliphatic rings. The Hall–Kier alpha value is -1.67. The van der Waals surface area contributed by atoms with Gasteiger partial charge >= 0.3 is 0 Å². The first-order chi connectivity index (χ1) is 15.2. The van der Waals surface area contributed by atoms with E-state index in [2.05, 4.69) is 23.5 Å². The van der Waals surface area contributed by atoms with Gasteiger partial charge in [-0.2, -0.15) is 4.72 Å². The number of nitrogens with one attached hydrogen (secondary N) is 1. The van der Waals surface area contributed by atoms with Crippen LogP contribution in [0.2, 0.25) is 5.02 Å². The predicted octanol–water partition coefficient (Wildman–Crippen LogP) is 3.88. The maximum absolute atomic E-state index is 13.4. The third kappa shape index (κ3) is 4.81. The normalized spacial score (nSPS) is 23.9. The first-order valence-electron chi connectivity index (χ1n) is 11.4. The highest BCUT2D eigenvalue weighted by molar-refractivity contribution is 7.89. The first kappa shape index (κ1) is 23.5. The van der Waals surface area contributed by atoms with Crippen molar-refractivity contribution in [3.8, 4) is 0 Å². The lowest BCUT2D eigenvalue weighted by Crippen LogP contribution is -2.60. The maximum atomic E-state index is 13.4. The van der Waals surface area contributed by atoms with E-state index in [-0.39, 0.29) is 22.8 Å². The molecule has 2 heterocycles. The molecule has 0 saturated carbocycles. The van der Waals surface area contributed by atoms with Crippen LogP contribution in [0, 0.1) is 5.92 Å². The molecule has 6 nitrogen and oxygen atoms in total. The van der Waals surface area contributed by atoms with E-state index in [9.17, 15) is 13.2 Å². The summed E-state index contributed by atoms with van der Waals surface area (Å²) in [4.78, 5) is 17.9. The number of sulfonamides is 1. The van der Waals surface area contributed by atoms with Crippen molar-refractivity contribution in [2.45, 2.75) is 63.1 Å². The molecule has 174 valence electrons. The topological polar surface area (TPSA) is 69.7 Å². The number of nitrogens with zero attached hydrogens (tertiary/aromatic N) is 2. The van der Waals surface area contributed by atoms with Crippen LogP contribution in [0.15, 0.2) is 41.3 Å². The van der Waals surface area contributed by atoms with E-state index in [1.54, 1.807) is 36.4 Å². The third-order valence-corrected chi connectivity index (χ3v) is 8.65. The number of benzene rings is 2. The number of hydrogen-bond acceptors (Lipinski definition) is 4. The summed E-state index contributed by atoms with van der Waals surface area (Å²) in [7, 11) is -3.84. The van der Waals surface area contributed by atoms with Gasteiger partial charge in [0.1, 0.15) is 6.04 Å². The molecule has 32 heavy (non-hydrogen) atoms. The van der Waals surface area contributed by atoms with Crippen molar-refractivity contribution in [2.24, 2.45) is 5.92 Å². The molecule has 0 bridgehead atoms. The standard InChI is InChI=1S/C24H32ClN3O3S/c1-16(2)27-11-9-21(10-12-27)28-13-8-17(3)23(24(28)29)26-32(30,31)22-7-5-18-14-20(25)6-4-19(18)15-22/h4-7,14-17,21,23,26H,8-13H2,1-3H3. The molecule has 2 aromatic rings. The van der Waals surface area contributed by atoms with Gasteiger partial charge in [0.05, 0.1) is 4.90 Å². The fraction of sp³-hybridized carbons (Fsp3) is 0.542. The number of likely N-dealkylation sites (tertiary alicyclic amines) is 2. The van der Waals surface area contributed by atoms with Crippen LogP contribution in [0.25, 0.3) is 10.8 Å². The zero-order valence-corrected chi connectivity index (χ0v) is 20.5. The van der Waals surface area contributed by atoms with Crippen molar-refractivity contribution < 1.29 is 13.2 Å². The lowest BCUT2D eigenvalue weighted by atomic mass is 9.90. The number of halogens is 1. The van der Waals surface area contributed by atoms with Crippen molar-refractivity contribution in [1.29, 1.82) is 0 Å². The SMILES string of the molecule is CC1CCN(C2CCN(C(C)C)CC2)C(=O)C1NS(=O)(=O)c1ccc2cc(Cl)ccc2c1. The van der Waals surface area contributed by atoms with Crippen molar-refractivity contribution in [3.05, 3.63) is 41.4 Å². The van der Waals surface area contributed by atoms with Crippen LogP contribution >= 0.6 is 11.6 Å². The van der Waals surface area contributed by atoms with Gasteiger partial charge in [-0.1, -0.05) is 30.7 Å². The Balaban J connectivity index is 1.51. The number of piperidine rings is 2. The number of rotatable bonds is 5. The zero-order chi connectivity index (χ0) is 23.0. The van der Waals surface area contributed by atoms with Crippen LogP contribution in [0.3, 0.4) is 0 Å². The minimum Gasteiger partial charge on any atom is -0.338 e. The molecule has 1 N–H and O–H groups in total. The Kier molecular flexibility index (Phi) is 6.82. The fourth-order valence-corrected chi connectivity index (χ4v) is 6.40. The third-order valence-electron chi connectivity index (χ3n) is 6.98. The van der Waals surface area contributed by atoms with Crippen LogP contribution in [-0.4, -0.2) is 61.9 Å². The summed E-state index contributed by atoms with van der Waals surface area (Å²) in [6, 6.07) is 10.2. The number of carbonyl (C=O) groups is 1. The molecule has 8 heteroatoms. The highest BCUT2D eigenvalue weighted by Gasteiger charge is 2.40. The van der Waals surface area contributed by atoms with Crippen LogP contribution in [0.5, 0.6) is 0 Å². The van der Waals surface area contributed by atoms with Gasteiger partial charge in [-0.3, -0.25) is 4.79 Å². The molecule has 1 amide bonds. The molecule has 2 fully saturated rings. The summed E-state index contributed by atoms with van der Waals surface area (Å²) in [5.74, 6) is -0.147. The molecule has 2 aliphatic heterocycles. The van der Waals surface area contributed by atoms with Crippen molar-refractivity contribution in [1.82, 2.24) is 14.5 Å². The minimum absolute atomic E-state index is 0.0523. The smallest absolute Gasteiger partial charge is 0.241 e. The quantitative estimate of drug-likeness (QED) is 0.709. The van der Waals surface area contributed by atoms with E-state index >= 15 is 0 Å². The molecule has 4 rings (SSSR count). The Bertz CT molecular complexity index is 1100. The van der Waals surface area contributed by atoms with Crippen molar-refractivity contribution in [3.63, 3.8) is 0 Å².